The standard InChI is InChI=1S/C15H17NO3/c1-15(2,3)12-9-6-5-7-11(19-4)13(9)16-8-10(12)14(17)18/h5-8H,1-4H3,(H,17,18). The molecule has 4 heteroatoms. The Labute approximate surface area is 112 Å². The number of carboxylic acids is 1. The lowest BCUT2D eigenvalue weighted by atomic mass is 9.82. The fourth-order valence-electron chi connectivity index (χ4n) is 2.33. The Bertz CT molecular complexity index is 642. The third-order valence-electron chi connectivity index (χ3n) is 3.06. The number of pyridine rings is 1. The van der Waals surface area contributed by atoms with Crippen LogP contribution in [0.3, 0.4) is 0 Å². The van der Waals surface area contributed by atoms with Crippen LogP contribution in [-0.2, 0) is 5.41 Å². The normalized spacial score (nSPS) is 11.6. The number of ether oxygens (including phenoxy) is 1. The highest BCUT2D eigenvalue weighted by molar-refractivity contribution is 5.98. The lowest BCUT2D eigenvalue weighted by Crippen LogP contribution is -2.18. The number of rotatable bonds is 2. The number of para-hydroxylation sites is 1. The van der Waals surface area contributed by atoms with Crippen LogP contribution in [0, 0.1) is 0 Å². The smallest absolute Gasteiger partial charge is 0.337 e. The maximum atomic E-state index is 11.4. The number of hydrogen-bond donors (Lipinski definition) is 1. The number of carboxylic acid groups (broad SMARTS) is 1. The van der Waals surface area contributed by atoms with Crippen LogP contribution in [0.15, 0.2) is 24.4 Å². The molecule has 4 nitrogen and oxygen atoms in total. The van der Waals surface area contributed by atoms with Gasteiger partial charge < -0.3 is 9.84 Å². The van der Waals surface area contributed by atoms with Gasteiger partial charge in [-0.25, -0.2) is 4.79 Å². The summed E-state index contributed by atoms with van der Waals surface area (Å²) in [6, 6.07) is 5.56. The molecule has 0 aliphatic rings. The van der Waals surface area contributed by atoms with Gasteiger partial charge in [0, 0.05) is 11.6 Å². The monoisotopic (exact) mass is 259 g/mol. The zero-order valence-electron chi connectivity index (χ0n) is 11.5. The van der Waals surface area contributed by atoms with Crippen molar-refractivity contribution < 1.29 is 14.6 Å². The third kappa shape index (κ3) is 2.26. The summed E-state index contributed by atoms with van der Waals surface area (Å²) < 4.78 is 5.29. The van der Waals surface area contributed by atoms with Gasteiger partial charge in [0.15, 0.2) is 0 Å². The van der Waals surface area contributed by atoms with Gasteiger partial charge in [0.2, 0.25) is 0 Å². The van der Waals surface area contributed by atoms with Crippen LogP contribution >= 0.6 is 0 Å². The van der Waals surface area contributed by atoms with Gasteiger partial charge in [-0.3, -0.25) is 4.98 Å². The van der Waals surface area contributed by atoms with E-state index in [0.29, 0.717) is 11.3 Å². The van der Waals surface area contributed by atoms with Gasteiger partial charge in [-0.15, -0.1) is 0 Å². The Morgan fingerprint density at radius 3 is 2.53 bits per heavy atom. The van der Waals surface area contributed by atoms with Gasteiger partial charge in [0.25, 0.3) is 0 Å². The van der Waals surface area contributed by atoms with Crippen LogP contribution in [0.5, 0.6) is 5.75 Å². The van der Waals surface area contributed by atoms with E-state index in [2.05, 4.69) is 4.98 Å². The number of fused-ring (bicyclic) bond motifs is 1. The van der Waals surface area contributed by atoms with E-state index in [1.54, 1.807) is 7.11 Å². The molecular formula is C15H17NO3. The molecule has 0 amide bonds. The predicted octanol–water partition coefficient (Wildman–Crippen LogP) is 3.24. The number of aromatic carboxylic acids is 1. The molecule has 1 aromatic carbocycles. The van der Waals surface area contributed by atoms with Crippen LogP contribution in [0.4, 0.5) is 0 Å². The average molecular weight is 259 g/mol. The molecule has 1 heterocycles. The Morgan fingerprint density at radius 1 is 1.32 bits per heavy atom. The summed E-state index contributed by atoms with van der Waals surface area (Å²) >= 11 is 0. The molecule has 0 fully saturated rings. The summed E-state index contributed by atoms with van der Waals surface area (Å²) in [4.78, 5) is 15.6. The topological polar surface area (TPSA) is 59.4 Å². The van der Waals surface area contributed by atoms with Crippen molar-refractivity contribution in [2.45, 2.75) is 26.2 Å². The van der Waals surface area contributed by atoms with Crippen molar-refractivity contribution in [1.82, 2.24) is 4.98 Å². The fourth-order valence-corrected chi connectivity index (χ4v) is 2.33. The zero-order valence-corrected chi connectivity index (χ0v) is 11.5. The SMILES string of the molecule is COc1cccc2c(C(C)(C)C)c(C(=O)O)cnc12. The lowest BCUT2D eigenvalue weighted by Gasteiger charge is -2.23. The molecule has 19 heavy (non-hydrogen) atoms. The third-order valence-corrected chi connectivity index (χ3v) is 3.06. The van der Waals surface area contributed by atoms with Gasteiger partial charge in [0.05, 0.1) is 12.7 Å². The summed E-state index contributed by atoms with van der Waals surface area (Å²) in [5.41, 5.74) is 1.43. The second-order valence-electron chi connectivity index (χ2n) is 5.46. The van der Waals surface area contributed by atoms with E-state index >= 15 is 0 Å². The fraction of sp³-hybridized carbons (Fsp3) is 0.333. The van der Waals surface area contributed by atoms with E-state index in [0.717, 1.165) is 10.9 Å². The first-order valence-electron chi connectivity index (χ1n) is 6.05. The lowest BCUT2D eigenvalue weighted by molar-refractivity contribution is 0.0694. The number of methoxy groups -OCH3 is 1. The summed E-state index contributed by atoms with van der Waals surface area (Å²) in [5.74, 6) is -0.304. The average Bonchev–Trinajstić information content (AvgIpc) is 2.35. The molecule has 0 radical (unpaired) electrons. The number of carbonyl (C=O) groups is 1. The van der Waals surface area contributed by atoms with Crippen LogP contribution < -0.4 is 4.74 Å². The van der Waals surface area contributed by atoms with Crippen molar-refractivity contribution in [3.63, 3.8) is 0 Å². The highest BCUT2D eigenvalue weighted by atomic mass is 16.5. The minimum Gasteiger partial charge on any atom is -0.494 e. The number of nitrogens with zero attached hydrogens (tertiary/aromatic N) is 1. The Morgan fingerprint density at radius 2 is 2.00 bits per heavy atom. The summed E-state index contributed by atoms with van der Waals surface area (Å²) in [7, 11) is 1.58. The molecule has 1 aromatic heterocycles. The molecular weight excluding hydrogens is 242 g/mol. The Kier molecular flexibility index (Phi) is 3.18. The zero-order chi connectivity index (χ0) is 14.2. The van der Waals surface area contributed by atoms with Crippen molar-refractivity contribution in [2.75, 3.05) is 7.11 Å². The first-order valence-corrected chi connectivity index (χ1v) is 6.05. The van der Waals surface area contributed by atoms with Gasteiger partial charge in [-0.1, -0.05) is 32.9 Å². The van der Waals surface area contributed by atoms with Crippen molar-refractivity contribution in [1.29, 1.82) is 0 Å². The summed E-state index contributed by atoms with van der Waals surface area (Å²) in [6.07, 6.45) is 1.41. The summed E-state index contributed by atoms with van der Waals surface area (Å²) in [5, 5.41) is 10.2. The molecule has 0 bridgehead atoms. The van der Waals surface area contributed by atoms with Gasteiger partial charge in [0.1, 0.15) is 11.3 Å². The first kappa shape index (κ1) is 13.3. The van der Waals surface area contributed by atoms with E-state index in [1.807, 2.05) is 39.0 Å². The van der Waals surface area contributed by atoms with Crippen molar-refractivity contribution >= 4 is 16.9 Å². The molecule has 0 aliphatic heterocycles. The van der Waals surface area contributed by atoms with Crippen molar-refractivity contribution in [3.8, 4) is 5.75 Å². The second kappa shape index (κ2) is 4.53. The van der Waals surface area contributed by atoms with E-state index < -0.39 is 5.97 Å². The van der Waals surface area contributed by atoms with Crippen molar-refractivity contribution in [3.05, 3.63) is 35.5 Å². The molecule has 0 aliphatic carbocycles. The van der Waals surface area contributed by atoms with E-state index in [4.69, 9.17) is 4.74 Å². The van der Waals surface area contributed by atoms with Crippen LogP contribution in [-0.4, -0.2) is 23.2 Å². The minimum atomic E-state index is -0.956. The predicted molar refractivity (Wildman–Crippen MR) is 74.0 cm³/mol. The maximum absolute atomic E-state index is 11.4. The highest BCUT2D eigenvalue weighted by Gasteiger charge is 2.25. The molecule has 0 unspecified atom stereocenters. The molecule has 0 spiro atoms. The highest BCUT2D eigenvalue weighted by Crippen LogP contribution is 2.35. The largest absolute Gasteiger partial charge is 0.494 e. The molecule has 100 valence electrons. The van der Waals surface area contributed by atoms with Gasteiger partial charge in [-0.05, 0) is 17.0 Å². The maximum Gasteiger partial charge on any atom is 0.337 e. The van der Waals surface area contributed by atoms with E-state index in [-0.39, 0.29) is 11.0 Å². The quantitative estimate of drug-likeness (QED) is 0.899. The van der Waals surface area contributed by atoms with Crippen LogP contribution in [0.1, 0.15) is 36.7 Å². The first-order chi connectivity index (χ1) is 8.86. The molecule has 2 rings (SSSR count). The second-order valence-corrected chi connectivity index (χ2v) is 5.46. The molecule has 0 saturated carbocycles. The number of hydrogen-bond acceptors (Lipinski definition) is 3. The van der Waals surface area contributed by atoms with E-state index in [1.165, 1.54) is 6.20 Å². The minimum absolute atomic E-state index is 0.244. The van der Waals surface area contributed by atoms with Crippen molar-refractivity contribution in [2.24, 2.45) is 0 Å². The van der Waals surface area contributed by atoms with Crippen LogP contribution in [0.25, 0.3) is 10.9 Å². The molecule has 0 atom stereocenters. The summed E-state index contributed by atoms with van der Waals surface area (Å²) in [6.45, 7) is 5.98. The van der Waals surface area contributed by atoms with E-state index in [9.17, 15) is 9.90 Å². The van der Waals surface area contributed by atoms with Crippen LogP contribution in [0.2, 0.25) is 0 Å². The van der Waals surface area contributed by atoms with Gasteiger partial charge in [-0.2, -0.15) is 0 Å². The Hall–Kier alpha value is -2.10. The number of aromatic nitrogens is 1. The molecule has 1 N–H and O–H groups in total. The number of benzene rings is 1. The Balaban J connectivity index is 2.93. The molecule has 2 aromatic rings. The molecule has 0 saturated heterocycles. The van der Waals surface area contributed by atoms with Gasteiger partial charge >= 0.3 is 5.97 Å².